The number of ether oxygens (including phenoxy) is 2. The summed E-state index contributed by atoms with van der Waals surface area (Å²) in [6, 6.07) is 0. The number of rotatable bonds is 6. The Morgan fingerprint density at radius 1 is 1.40 bits per heavy atom. The smallest absolute Gasteiger partial charge is 0.350 e. The molecule has 0 aliphatic carbocycles. The van der Waals surface area contributed by atoms with Crippen molar-refractivity contribution in [3.63, 3.8) is 0 Å². The topological polar surface area (TPSA) is 98.9 Å². The van der Waals surface area contributed by atoms with Gasteiger partial charge in [-0.25, -0.2) is 13.2 Å². The van der Waals surface area contributed by atoms with Crippen LogP contribution in [0.3, 0.4) is 0 Å². The third-order valence-electron chi connectivity index (χ3n) is 2.60. The van der Waals surface area contributed by atoms with Gasteiger partial charge >= 0.3 is 5.97 Å². The predicted octanol–water partition coefficient (Wildman–Crippen LogP) is 0.603. The Bertz CT molecular complexity index is 594. The van der Waals surface area contributed by atoms with Crippen LogP contribution in [0, 0.1) is 0 Å². The highest BCUT2D eigenvalue weighted by Crippen LogP contribution is 2.41. The van der Waals surface area contributed by atoms with Crippen LogP contribution >= 0.6 is 11.3 Å². The summed E-state index contributed by atoms with van der Waals surface area (Å²) in [7, 11) is 0.916. The number of hydrogen-bond donors (Lipinski definition) is 1. The molecule has 0 spiro atoms. The second-order valence-electron chi connectivity index (χ2n) is 4.16. The van der Waals surface area contributed by atoms with Crippen LogP contribution in [0.1, 0.15) is 9.67 Å². The van der Waals surface area contributed by atoms with Gasteiger partial charge in [-0.05, 0) is 0 Å². The fourth-order valence-corrected chi connectivity index (χ4v) is 4.24. The lowest BCUT2D eigenvalue weighted by atomic mass is 10.4. The first kappa shape index (κ1) is 16.7. The number of sulfone groups is 1. The number of nitrogen functional groups attached to an aromatic ring is 1. The standard InChI is InChI=1S/C11H18N2O5S2/c1-13(5-6-17-2)10-9(20(4,15)16)7(12)8(19-10)11(14)18-3/h5-6,12H2,1-4H3. The Labute approximate surface area is 122 Å². The van der Waals surface area contributed by atoms with Gasteiger partial charge < -0.3 is 20.1 Å². The number of hydrogen-bond acceptors (Lipinski definition) is 8. The van der Waals surface area contributed by atoms with Gasteiger partial charge in [-0.3, -0.25) is 0 Å². The fraction of sp³-hybridized carbons (Fsp3) is 0.545. The molecule has 1 rings (SSSR count). The van der Waals surface area contributed by atoms with Gasteiger partial charge in [0, 0.05) is 27.0 Å². The average Bonchev–Trinajstić information content (AvgIpc) is 2.72. The maximum Gasteiger partial charge on any atom is 0.350 e. The number of anilines is 2. The minimum absolute atomic E-state index is 0.0403. The molecule has 1 aromatic rings. The van der Waals surface area contributed by atoms with Crippen molar-refractivity contribution in [3.8, 4) is 0 Å². The molecule has 2 N–H and O–H groups in total. The molecule has 0 radical (unpaired) electrons. The molecule has 1 heterocycles. The molecule has 20 heavy (non-hydrogen) atoms. The van der Waals surface area contributed by atoms with Gasteiger partial charge in [0.1, 0.15) is 14.8 Å². The average molecular weight is 322 g/mol. The van der Waals surface area contributed by atoms with Crippen LogP contribution in [0.4, 0.5) is 10.7 Å². The second kappa shape index (κ2) is 6.42. The lowest BCUT2D eigenvalue weighted by Gasteiger charge is -2.18. The van der Waals surface area contributed by atoms with Gasteiger partial charge in [0.05, 0.1) is 19.4 Å². The third kappa shape index (κ3) is 3.41. The molecule has 7 nitrogen and oxygen atoms in total. The summed E-state index contributed by atoms with van der Waals surface area (Å²) in [6.07, 6.45) is 1.06. The van der Waals surface area contributed by atoms with Crippen LogP contribution in [0.2, 0.25) is 0 Å². The second-order valence-corrected chi connectivity index (χ2v) is 7.11. The van der Waals surface area contributed by atoms with Crippen molar-refractivity contribution in [2.75, 3.05) is 51.3 Å². The van der Waals surface area contributed by atoms with E-state index in [9.17, 15) is 13.2 Å². The molecule has 0 atom stereocenters. The molecule has 0 aliphatic heterocycles. The van der Waals surface area contributed by atoms with E-state index >= 15 is 0 Å². The van der Waals surface area contributed by atoms with Crippen molar-refractivity contribution in [3.05, 3.63) is 4.88 Å². The minimum Gasteiger partial charge on any atom is -0.465 e. The van der Waals surface area contributed by atoms with Crippen LogP contribution in [-0.4, -0.2) is 55.1 Å². The lowest BCUT2D eigenvalue weighted by Crippen LogP contribution is -2.22. The first-order valence-corrected chi connectivity index (χ1v) is 8.35. The SMILES string of the molecule is COCCN(C)c1sc(C(=O)OC)c(N)c1S(C)(=O)=O. The van der Waals surface area contributed by atoms with Gasteiger partial charge in [-0.1, -0.05) is 0 Å². The summed E-state index contributed by atoms with van der Waals surface area (Å²) in [5.41, 5.74) is 5.74. The summed E-state index contributed by atoms with van der Waals surface area (Å²) < 4.78 is 33.4. The molecule has 114 valence electrons. The molecule has 0 unspecified atom stereocenters. The van der Waals surface area contributed by atoms with E-state index in [-0.39, 0.29) is 15.5 Å². The van der Waals surface area contributed by atoms with E-state index in [0.29, 0.717) is 18.2 Å². The summed E-state index contributed by atoms with van der Waals surface area (Å²) in [5.74, 6) is -0.649. The number of thiophene rings is 1. The molecule has 1 aromatic heterocycles. The zero-order chi connectivity index (χ0) is 15.5. The van der Waals surface area contributed by atoms with Crippen LogP contribution in [0.5, 0.6) is 0 Å². The Balaban J connectivity index is 3.39. The number of nitrogens with zero attached hydrogens (tertiary/aromatic N) is 1. The Morgan fingerprint density at radius 2 is 2.00 bits per heavy atom. The number of methoxy groups -OCH3 is 2. The number of esters is 1. The van der Waals surface area contributed by atoms with Crippen molar-refractivity contribution < 1.29 is 22.7 Å². The molecule has 0 saturated heterocycles. The fourth-order valence-electron chi connectivity index (χ4n) is 1.60. The molecule has 9 heteroatoms. The molecule has 0 fully saturated rings. The van der Waals surface area contributed by atoms with Crippen LogP contribution in [0.25, 0.3) is 0 Å². The first-order valence-electron chi connectivity index (χ1n) is 5.64. The van der Waals surface area contributed by atoms with E-state index in [2.05, 4.69) is 4.74 Å². The Morgan fingerprint density at radius 3 is 2.45 bits per heavy atom. The highest BCUT2D eigenvalue weighted by molar-refractivity contribution is 7.91. The Hall–Kier alpha value is -1.32. The van der Waals surface area contributed by atoms with E-state index in [1.807, 2.05) is 0 Å². The van der Waals surface area contributed by atoms with E-state index in [1.54, 1.807) is 19.1 Å². The van der Waals surface area contributed by atoms with Crippen molar-refractivity contribution >= 4 is 37.8 Å². The maximum absolute atomic E-state index is 11.9. The van der Waals surface area contributed by atoms with Crippen LogP contribution in [0.15, 0.2) is 4.90 Å². The number of carbonyl (C=O) groups is 1. The van der Waals surface area contributed by atoms with Gasteiger partial charge in [-0.2, -0.15) is 0 Å². The molecular formula is C11H18N2O5S2. The highest BCUT2D eigenvalue weighted by atomic mass is 32.2. The lowest BCUT2D eigenvalue weighted by molar-refractivity contribution is 0.0607. The Kier molecular flexibility index (Phi) is 5.37. The maximum atomic E-state index is 11.9. The van der Waals surface area contributed by atoms with E-state index in [1.165, 1.54) is 7.11 Å². The molecule has 0 aromatic carbocycles. The summed E-state index contributed by atoms with van der Waals surface area (Å²) in [5, 5.41) is 0.405. The molecular weight excluding hydrogens is 304 g/mol. The number of nitrogens with two attached hydrogens (primary N) is 1. The monoisotopic (exact) mass is 322 g/mol. The minimum atomic E-state index is -3.56. The van der Waals surface area contributed by atoms with Crippen molar-refractivity contribution in [1.29, 1.82) is 0 Å². The first-order chi connectivity index (χ1) is 9.23. The largest absolute Gasteiger partial charge is 0.465 e. The third-order valence-corrected chi connectivity index (χ3v) is 5.19. The highest BCUT2D eigenvalue weighted by Gasteiger charge is 2.29. The summed E-state index contributed by atoms with van der Waals surface area (Å²) >= 11 is 0.996. The number of likely N-dealkylation sites (N-methyl/N-ethyl adjacent to an activating group) is 1. The van der Waals surface area contributed by atoms with Gasteiger partial charge in [0.2, 0.25) is 0 Å². The van der Waals surface area contributed by atoms with E-state index < -0.39 is 15.8 Å². The van der Waals surface area contributed by atoms with Gasteiger partial charge in [-0.15, -0.1) is 11.3 Å². The zero-order valence-corrected chi connectivity index (χ0v) is 13.4. The summed E-state index contributed by atoms with van der Waals surface area (Å²) in [6.45, 7) is 0.894. The molecule has 0 bridgehead atoms. The zero-order valence-electron chi connectivity index (χ0n) is 11.8. The van der Waals surface area contributed by atoms with Crippen LogP contribution in [-0.2, 0) is 19.3 Å². The molecule has 0 saturated carbocycles. The molecule has 0 amide bonds. The quantitative estimate of drug-likeness (QED) is 0.766. The number of carbonyl (C=O) groups excluding carboxylic acids is 1. The van der Waals surface area contributed by atoms with Crippen molar-refractivity contribution in [2.24, 2.45) is 0 Å². The predicted molar refractivity (Wildman–Crippen MR) is 78.3 cm³/mol. The van der Waals surface area contributed by atoms with E-state index in [4.69, 9.17) is 10.5 Å². The van der Waals surface area contributed by atoms with Crippen molar-refractivity contribution in [1.82, 2.24) is 0 Å². The normalized spacial score (nSPS) is 11.4. The molecule has 0 aliphatic rings. The van der Waals surface area contributed by atoms with Gasteiger partial charge in [0.15, 0.2) is 9.84 Å². The van der Waals surface area contributed by atoms with Gasteiger partial charge in [0.25, 0.3) is 0 Å². The van der Waals surface area contributed by atoms with Crippen molar-refractivity contribution in [2.45, 2.75) is 4.90 Å². The van der Waals surface area contributed by atoms with E-state index in [0.717, 1.165) is 17.6 Å². The summed E-state index contributed by atoms with van der Waals surface area (Å²) in [4.78, 5) is 13.4. The van der Waals surface area contributed by atoms with Crippen LogP contribution < -0.4 is 10.6 Å².